The van der Waals surface area contributed by atoms with Crippen molar-refractivity contribution in [3.63, 3.8) is 0 Å². The van der Waals surface area contributed by atoms with E-state index < -0.39 is 0 Å². The Morgan fingerprint density at radius 1 is 1.27 bits per heavy atom. The third-order valence-corrected chi connectivity index (χ3v) is 7.52. The number of esters is 1. The van der Waals surface area contributed by atoms with Crippen LogP contribution in [0.15, 0.2) is 10.9 Å². The van der Waals surface area contributed by atoms with Gasteiger partial charge in [-0.1, -0.05) is 18.3 Å². The van der Waals surface area contributed by atoms with Crippen molar-refractivity contribution in [2.24, 2.45) is 23.2 Å². The summed E-state index contributed by atoms with van der Waals surface area (Å²) in [5.74, 6) is 2.05. The molecule has 2 heterocycles. The molecule has 0 aliphatic heterocycles. The number of fused-ring (bicyclic) bond motifs is 1. The fourth-order valence-corrected chi connectivity index (χ4v) is 6.62. The number of carbonyl (C=O) groups is 1. The van der Waals surface area contributed by atoms with Gasteiger partial charge < -0.3 is 4.74 Å². The van der Waals surface area contributed by atoms with E-state index in [2.05, 4.69) is 10.1 Å². The third kappa shape index (κ3) is 2.59. The lowest BCUT2D eigenvalue weighted by Crippen LogP contribution is -2.50. The van der Waals surface area contributed by atoms with Gasteiger partial charge in [0.05, 0.1) is 11.1 Å². The van der Waals surface area contributed by atoms with Crippen molar-refractivity contribution < 1.29 is 9.53 Å². The van der Waals surface area contributed by atoms with Gasteiger partial charge >= 0.3 is 5.97 Å². The largest absolute Gasteiger partial charge is 0.459 e. The molecule has 2 aromatic heterocycles. The van der Waals surface area contributed by atoms with Gasteiger partial charge in [0.15, 0.2) is 0 Å². The molecular weight excluding hydrogens is 350 g/mol. The van der Waals surface area contributed by atoms with Gasteiger partial charge in [0, 0.05) is 6.07 Å². The van der Waals surface area contributed by atoms with Crippen LogP contribution in [0.4, 0.5) is 0 Å². The van der Waals surface area contributed by atoms with E-state index in [1.807, 2.05) is 6.92 Å². The van der Waals surface area contributed by atoms with Crippen molar-refractivity contribution >= 4 is 22.3 Å². The van der Waals surface area contributed by atoms with Crippen LogP contribution < -0.4 is 5.56 Å². The average Bonchev–Trinajstić information content (AvgIpc) is 3.02. The highest BCUT2D eigenvalue weighted by molar-refractivity contribution is 7.16. The van der Waals surface area contributed by atoms with Crippen molar-refractivity contribution in [3.05, 3.63) is 27.1 Å². The Kier molecular flexibility index (Phi) is 3.71. The lowest BCUT2D eigenvalue weighted by atomic mass is 9.49. The summed E-state index contributed by atoms with van der Waals surface area (Å²) in [7, 11) is 0. The molecule has 0 spiro atoms. The van der Waals surface area contributed by atoms with Crippen LogP contribution in [-0.2, 0) is 22.6 Å². The molecule has 4 aliphatic carbocycles. The van der Waals surface area contributed by atoms with Gasteiger partial charge in [0.1, 0.15) is 11.6 Å². The highest BCUT2D eigenvalue weighted by Gasteiger charge is 2.55. The minimum atomic E-state index is -0.270. The molecular formula is C19H23N3O3S. The predicted octanol–water partition coefficient (Wildman–Crippen LogP) is 2.97. The van der Waals surface area contributed by atoms with Crippen molar-refractivity contribution in [1.29, 1.82) is 0 Å². The minimum Gasteiger partial charge on any atom is -0.459 e. The molecule has 6 rings (SSSR count). The molecule has 0 radical (unpaired) electrons. The molecule has 4 aliphatic rings. The van der Waals surface area contributed by atoms with Crippen LogP contribution in [0.3, 0.4) is 0 Å². The predicted molar refractivity (Wildman–Crippen MR) is 96.9 cm³/mol. The molecule has 4 fully saturated rings. The Labute approximate surface area is 155 Å². The van der Waals surface area contributed by atoms with Gasteiger partial charge in [0.25, 0.3) is 5.56 Å². The van der Waals surface area contributed by atoms with Crippen LogP contribution in [-0.4, -0.2) is 20.6 Å². The molecule has 6 nitrogen and oxygen atoms in total. The molecule has 0 N–H and O–H groups in total. The zero-order chi connectivity index (χ0) is 17.9. The van der Waals surface area contributed by atoms with Crippen LogP contribution >= 0.6 is 11.3 Å². The van der Waals surface area contributed by atoms with Crippen molar-refractivity contribution in [2.45, 2.75) is 58.5 Å². The number of hydrogen-bond acceptors (Lipinski definition) is 6. The van der Waals surface area contributed by atoms with E-state index in [1.165, 1.54) is 41.2 Å². The van der Waals surface area contributed by atoms with Gasteiger partial charge in [0.2, 0.25) is 4.96 Å². The number of aryl methyl sites for hydroxylation is 1. The number of nitrogens with zero attached hydrogens (tertiary/aromatic N) is 3. The van der Waals surface area contributed by atoms with Crippen LogP contribution in [0, 0.1) is 23.2 Å². The van der Waals surface area contributed by atoms with Crippen LogP contribution in [0.1, 0.15) is 56.2 Å². The lowest BCUT2D eigenvalue weighted by Gasteiger charge is -2.55. The lowest BCUT2D eigenvalue weighted by molar-refractivity contribution is -0.173. The van der Waals surface area contributed by atoms with Crippen LogP contribution in [0.5, 0.6) is 0 Å². The molecule has 2 aromatic rings. The monoisotopic (exact) mass is 373 g/mol. The van der Waals surface area contributed by atoms with E-state index in [9.17, 15) is 9.59 Å². The molecule has 4 saturated carbocycles. The average molecular weight is 373 g/mol. The van der Waals surface area contributed by atoms with Crippen molar-refractivity contribution in [3.8, 4) is 0 Å². The van der Waals surface area contributed by atoms with Gasteiger partial charge in [-0.25, -0.2) is 4.98 Å². The maximum Gasteiger partial charge on any atom is 0.312 e. The molecule has 0 saturated heterocycles. The highest BCUT2D eigenvalue weighted by atomic mass is 32.1. The maximum absolute atomic E-state index is 12.9. The van der Waals surface area contributed by atoms with Gasteiger partial charge in [-0.2, -0.15) is 9.61 Å². The first-order valence-corrected chi connectivity index (χ1v) is 10.4. The summed E-state index contributed by atoms with van der Waals surface area (Å²) in [5.41, 5.74) is 0.0273. The normalized spacial score (nSPS) is 32.3. The molecule has 0 unspecified atom stereocenters. The molecule has 7 heteroatoms. The Balaban J connectivity index is 1.34. The smallest absolute Gasteiger partial charge is 0.312 e. The maximum atomic E-state index is 12.9. The Hall–Kier alpha value is -1.76. The Morgan fingerprint density at radius 2 is 1.92 bits per heavy atom. The highest BCUT2D eigenvalue weighted by Crippen LogP contribution is 2.60. The number of carbonyl (C=O) groups excluding carboxylic acids is 1. The minimum absolute atomic E-state index is 0.0721. The summed E-state index contributed by atoms with van der Waals surface area (Å²) < 4.78 is 7.01. The third-order valence-electron chi connectivity index (χ3n) is 6.46. The SMILES string of the molecule is CCc1nn2c(=O)cc(COC(=O)C34CC5CC(CC(C5)C3)C4)nc2s1. The van der Waals surface area contributed by atoms with E-state index >= 15 is 0 Å². The fraction of sp³-hybridized carbons (Fsp3) is 0.684. The zero-order valence-electron chi connectivity index (χ0n) is 14.9. The Morgan fingerprint density at radius 3 is 2.54 bits per heavy atom. The zero-order valence-corrected chi connectivity index (χ0v) is 15.8. The number of hydrogen-bond donors (Lipinski definition) is 0. The summed E-state index contributed by atoms with van der Waals surface area (Å²) in [5, 5.41) is 5.12. The number of ether oxygens (including phenoxy) is 1. The standard InChI is InChI=1S/C19H23N3O3S/c1-2-15-21-22-16(23)6-14(20-18(22)26-15)10-25-17(24)19-7-11-3-12(8-19)5-13(4-11)9-19/h6,11-13H,2-5,7-10H2,1H3. The van der Waals surface area contributed by atoms with E-state index in [1.54, 1.807) is 0 Å². The van der Waals surface area contributed by atoms with E-state index in [0.717, 1.165) is 30.7 Å². The molecule has 26 heavy (non-hydrogen) atoms. The van der Waals surface area contributed by atoms with Gasteiger partial charge in [-0.15, -0.1) is 0 Å². The fourth-order valence-electron chi connectivity index (χ4n) is 5.77. The van der Waals surface area contributed by atoms with E-state index in [-0.39, 0.29) is 23.6 Å². The van der Waals surface area contributed by atoms with Crippen LogP contribution in [0.2, 0.25) is 0 Å². The van der Waals surface area contributed by atoms with E-state index in [0.29, 0.717) is 28.4 Å². The summed E-state index contributed by atoms with van der Waals surface area (Å²) in [6, 6.07) is 1.43. The molecule has 0 amide bonds. The van der Waals surface area contributed by atoms with Crippen molar-refractivity contribution in [2.75, 3.05) is 0 Å². The Bertz CT molecular complexity index is 896. The number of aromatic nitrogens is 3. The molecule has 0 aromatic carbocycles. The quantitative estimate of drug-likeness (QED) is 0.771. The summed E-state index contributed by atoms with van der Waals surface area (Å²) in [4.78, 5) is 30.2. The first-order chi connectivity index (χ1) is 12.5. The topological polar surface area (TPSA) is 73.6 Å². The molecule has 0 atom stereocenters. The summed E-state index contributed by atoms with van der Waals surface area (Å²) in [6.45, 7) is 2.07. The van der Waals surface area contributed by atoms with E-state index in [4.69, 9.17) is 4.74 Å². The molecule has 4 bridgehead atoms. The second-order valence-corrected chi connectivity index (χ2v) is 9.44. The summed E-state index contributed by atoms with van der Waals surface area (Å²) in [6.07, 6.45) is 7.63. The van der Waals surface area contributed by atoms with Gasteiger partial charge in [-0.3, -0.25) is 9.59 Å². The number of rotatable bonds is 4. The van der Waals surface area contributed by atoms with Crippen LogP contribution in [0.25, 0.3) is 4.96 Å². The first kappa shape index (κ1) is 16.4. The second-order valence-electron chi connectivity index (χ2n) is 8.40. The first-order valence-electron chi connectivity index (χ1n) is 9.60. The summed E-state index contributed by atoms with van der Waals surface area (Å²) >= 11 is 1.41. The van der Waals surface area contributed by atoms with Crippen molar-refractivity contribution in [1.82, 2.24) is 14.6 Å². The molecule has 138 valence electrons. The van der Waals surface area contributed by atoms with Gasteiger partial charge in [-0.05, 0) is 62.7 Å². The second kappa shape index (κ2) is 5.87.